The quantitative estimate of drug-likeness (QED) is 0.693. The highest BCUT2D eigenvalue weighted by Crippen LogP contribution is 2.20. The number of carbonyl (C=O) groups is 1. The number of aromatic nitrogens is 5. The van der Waals surface area contributed by atoms with Crippen LogP contribution < -0.4 is 0 Å². The van der Waals surface area contributed by atoms with E-state index in [9.17, 15) is 9.90 Å². The summed E-state index contributed by atoms with van der Waals surface area (Å²) in [6.45, 7) is 1.27. The van der Waals surface area contributed by atoms with Gasteiger partial charge in [-0.2, -0.15) is 5.10 Å². The summed E-state index contributed by atoms with van der Waals surface area (Å²) >= 11 is 0. The van der Waals surface area contributed by atoms with E-state index in [1.54, 1.807) is 44.7 Å². The molecule has 0 saturated heterocycles. The minimum atomic E-state index is -1.01. The molecule has 1 aliphatic heterocycles. The van der Waals surface area contributed by atoms with Crippen LogP contribution in [0.4, 0.5) is 0 Å². The molecule has 4 heterocycles. The van der Waals surface area contributed by atoms with Crippen molar-refractivity contribution in [3.63, 3.8) is 0 Å². The van der Waals surface area contributed by atoms with E-state index in [1.807, 2.05) is 0 Å². The van der Waals surface area contributed by atoms with Crippen LogP contribution in [0, 0.1) is 0 Å². The molecule has 0 bridgehead atoms. The van der Waals surface area contributed by atoms with Crippen molar-refractivity contribution in [1.29, 1.82) is 0 Å². The zero-order chi connectivity index (χ0) is 17.4. The van der Waals surface area contributed by atoms with Gasteiger partial charge in [-0.25, -0.2) is 0 Å². The van der Waals surface area contributed by atoms with Crippen LogP contribution in [-0.2, 0) is 13.1 Å². The van der Waals surface area contributed by atoms with Crippen molar-refractivity contribution in [3.8, 4) is 0 Å². The van der Waals surface area contributed by atoms with Crippen LogP contribution in [0.1, 0.15) is 34.3 Å². The Kier molecular flexibility index (Phi) is 3.94. The van der Waals surface area contributed by atoms with Crippen molar-refractivity contribution in [1.82, 2.24) is 29.3 Å². The lowest BCUT2D eigenvalue weighted by molar-refractivity contribution is 0.0746. The Labute approximate surface area is 143 Å². The second kappa shape index (κ2) is 6.26. The van der Waals surface area contributed by atoms with Crippen LogP contribution in [-0.4, -0.2) is 58.6 Å². The molecule has 1 aliphatic rings. The molecule has 4 rings (SSSR count). The number of pyridine rings is 1. The van der Waals surface area contributed by atoms with E-state index in [2.05, 4.69) is 15.3 Å². The number of aliphatic hydroxyl groups is 2. The molecule has 2 N–H and O–H groups in total. The molecule has 0 aliphatic carbocycles. The smallest absolute Gasteiger partial charge is 0.258 e. The van der Waals surface area contributed by atoms with E-state index in [0.717, 1.165) is 12.1 Å². The number of nitrogens with zero attached hydrogens (tertiary/aromatic N) is 6. The molecule has 9 heteroatoms. The Hall–Kier alpha value is -2.78. The fourth-order valence-corrected chi connectivity index (χ4v) is 3.10. The largest absolute Gasteiger partial charge is 0.393 e. The van der Waals surface area contributed by atoms with Crippen molar-refractivity contribution in [2.45, 2.75) is 25.6 Å². The topological polar surface area (TPSA) is 109 Å². The van der Waals surface area contributed by atoms with E-state index >= 15 is 0 Å². The van der Waals surface area contributed by atoms with E-state index in [4.69, 9.17) is 5.11 Å². The van der Waals surface area contributed by atoms with E-state index < -0.39 is 6.10 Å². The summed E-state index contributed by atoms with van der Waals surface area (Å²) in [5, 5.41) is 31.1. The molecule has 1 unspecified atom stereocenters. The van der Waals surface area contributed by atoms with Gasteiger partial charge in [0.25, 0.3) is 5.91 Å². The number of amides is 1. The van der Waals surface area contributed by atoms with Gasteiger partial charge in [0.05, 0.1) is 30.1 Å². The van der Waals surface area contributed by atoms with Gasteiger partial charge >= 0.3 is 0 Å². The average Bonchev–Trinajstić information content (AvgIpc) is 3.22. The van der Waals surface area contributed by atoms with Crippen molar-refractivity contribution >= 4 is 11.6 Å². The lowest BCUT2D eigenvalue weighted by atomic mass is 10.2. The molecule has 3 aromatic rings. The minimum absolute atomic E-state index is 0.113. The summed E-state index contributed by atoms with van der Waals surface area (Å²) in [6, 6.07) is 5.28. The van der Waals surface area contributed by atoms with Gasteiger partial charge in [-0.05, 0) is 24.6 Å². The van der Waals surface area contributed by atoms with Gasteiger partial charge in [0.1, 0.15) is 12.4 Å². The Morgan fingerprint density at radius 3 is 3.08 bits per heavy atom. The van der Waals surface area contributed by atoms with Gasteiger partial charge < -0.3 is 15.1 Å². The van der Waals surface area contributed by atoms with Crippen LogP contribution in [0.2, 0.25) is 0 Å². The standard InChI is InChI=1S/C16H18N6O3/c23-9-14(24)13-7-11-8-20(5-2-6-22(11)19-13)16(25)12-3-1-4-21-10-17-18-15(12)21/h1,3-4,7,10,14,23-24H,2,5-6,8-9H2. The maximum Gasteiger partial charge on any atom is 0.258 e. The summed E-state index contributed by atoms with van der Waals surface area (Å²) in [7, 11) is 0. The van der Waals surface area contributed by atoms with Crippen LogP contribution >= 0.6 is 0 Å². The fourth-order valence-electron chi connectivity index (χ4n) is 3.10. The molecule has 0 radical (unpaired) electrons. The second-order valence-corrected chi connectivity index (χ2v) is 6.05. The fraction of sp³-hybridized carbons (Fsp3) is 0.375. The van der Waals surface area contributed by atoms with Crippen LogP contribution in [0.5, 0.6) is 0 Å². The first-order valence-electron chi connectivity index (χ1n) is 8.10. The highest BCUT2D eigenvalue weighted by molar-refractivity contribution is 5.99. The predicted molar refractivity (Wildman–Crippen MR) is 86.6 cm³/mol. The monoisotopic (exact) mass is 342 g/mol. The molecular formula is C16H18N6O3. The first kappa shape index (κ1) is 15.7. The minimum Gasteiger partial charge on any atom is -0.393 e. The molecule has 0 fully saturated rings. The third-order valence-electron chi connectivity index (χ3n) is 4.39. The Morgan fingerprint density at radius 1 is 1.36 bits per heavy atom. The molecule has 3 aromatic heterocycles. The zero-order valence-corrected chi connectivity index (χ0v) is 13.5. The summed E-state index contributed by atoms with van der Waals surface area (Å²) in [6.07, 6.45) is 3.11. The van der Waals surface area contributed by atoms with Crippen LogP contribution in [0.25, 0.3) is 5.65 Å². The first-order valence-corrected chi connectivity index (χ1v) is 8.10. The number of carbonyl (C=O) groups excluding carboxylic acids is 1. The first-order chi connectivity index (χ1) is 12.2. The van der Waals surface area contributed by atoms with Crippen molar-refractivity contribution < 1.29 is 15.0 Å². The molecule has 0 saturated carbocycles. The summed E-state index contributed by atoms with van der Waals surface area (Å²) in [4.78, 5) is 14.7. The SMILES string of the molecule is O=C(c1cccn2cnnc12)N1CCCn2nc(C(O)CO)cc2C1. The maximum atomic E-state index is 13.0. The molecular weight excluding hydrogens is 324 g/mol. The summed E-state index contributed by atoms with van der Waals surface area (Å²) in [5.74, 6) is -0.113. The van der Waals surface area contributed by atoms with E-state index in [1.165, 1.54) is 0 Å². The molecule has 25 heavy (non-hydrogen) atoms. The lowest BCUT2D eigenvalue weighted by Gasteiger charge is -2.20. The van der Waals surface area contributed by atoms with Crippen molar-refractivity contribution in [2.75, 3.05) is 13.2 Å². The lowest BCUT2D eigenvalue weighted by Crippen LogP contribution is -2.31. The van der Waals surface area contributed by atoms with E-state index in [0.29, 0.717) is 36.5 Å². The predicted octanol–water partition coefficient (Wildman–Crippen LogP) is -0.00240. The molecule has 9 nitrogen and oxygen atoms in total. The molecule has 0 aromatic carbocycles. The van der Waals surface area contributed by atoms with Crippen LogP contribution in [0.3, 0.4) is 0 Å². The molecule has 1 atom stereocenters. The Bertz CT molecular complexity index is 918. The Balaban J connectivity index is 1.64. The van der Waals surface area contributed by atoms with Crippen LogP contribution in [0.15, 0.2) is 30.7 Å². The van der Waals surface area contributed by atoms with Gasteiger partial charge in [0.15, 0.2) is 5.65 Å². The van der Waals surface area contributed by atoms with Crippen molar-refractivity contribution in [3.05, 3.63) is 47.7 Å². The van der Waals surface area contributed by atoms with Gasteiger partial charge in [-0.1, -0.05) is 0 Å². The summed E-state index contributed by atoms with van der Waals surface area (Å²) in [5.41, 5.74) is 2.29. The molecule has 1 amide bonds. The molecule has 0 spiro atoms. The van der Waals surface area contributed by atoms with Gasteiger partial charge in [0.2, 0.25) is 0 Å². The number of fused-ring (bicyclic) bond motifs is 2. The number of rotatable bonds is 3. The second-order valence-electron chi connectivity index (χ2n) is 6.05. The summed E-state index contributed by atoms with van der Waals surface area (Å²) < 4.78 is 3.50. The normalized spacial score (nSPS) is 15.8. The van der Waals surface area contributed by atoms with Gasteiger partial charge in [-0.3, -0.25) is 13.9 Å². The van der Waals surface area contributed by atoms with Gasteiger partial charge in [0, 0.05) is 19.3 Å². The third-order valence-corrected chi connectivity index (χ3v) is 4.39. The number of aliphatic hydroxyl groups excluding tert-OH is 2. The average molecular weight is 342 g/mol. The number of aryl methyl sites for hydroxylation is 1. The van der Waals surface area contributed by atoms with E-state index in [-0.39, 0.29) is 12.5 Å². The number of hydrogen-bond donors (Lipinski definition) is 2. The number of hydrogen-bond acceptors (Lipinski definition) is 6. The highest BCUT2D eigenvalue weighted by atomic mass is 16.3. The maximum absolute atomic E-state index is 13.0. The van der Waals surface area contributed by atoms with Crippen molar-refractivity contribution in [2.24, 2.45) is 0 Å². The van der Waals surface area contributed by atoms with Gasteiger partial charge in [-0.15, -0.1) is 10.2 Å². The Morgan fingerprint density at radius 2 is 2.24 bits per heavy atom. The molecule has 130 valence electrons. The highest BCUT2D eigenvalue weighted by Gasteiger charge is 2.24. The zero-order valence-electron chi connectivity index (χ0n) is 13.5. The third kappa shape index (κ3) is 2.77.